The maximum absolute atomic E-state index is 12.2. The van der Waals surface area contributed by atoms with Crippen molar-refractivity contribution in [2.45, 2.75) is 19.4 Å². The molecule has 132 valence electrons. The molecule has 3 aromatic rings. The van der Waals surface area contributed by atoms with Crippen LogP contribution in [0.5, 0.6) is 0 Å². The third-order valence-corrected chi connectivity index (χ3v) is 3.87. The first-order valence-electron chi connectivity index (χ1n) is 8.58. The second-order valence-corrected chi connectivity index (χ2v) is 5.85. The predicted octanol–water partition coefficient (Wildman–Crippen LogP) is 2.85. The van der Waals surface area contributed by atoms with Crippen molar-refractivity contribution in [2.24, 2.45) is 0 Å². The van der Waals surface area contributed by atoms with Gasteiger partial charge in [-0.05, 0) is 30.0 Å². The van der Waals surface area contributed by atoms with Gasteiger partial charge in [-0.2, -0.15) is 0 Å². The summed E-state index contributed by atoms with van der Waals surface area (Å²) in [5.74, 6) is 0.420. The summed E-state index contributed by atoms with van der Waals surface area (Å²) in [7, 11) is 0. The van der Waals surface area contributed by atoms with Crippen LogP contribution in [0.4, 0.5) is 5.82 Å². The summed E-state index contributed by atoms with van der Waals surface area (Å²) in [5, 5.41) is 6.08. The van der Waals surface area contributed by atoms with Crippen molar-refractivity contribution in [3.05, 3.63) is 84.1 Å². The highest BCUT2D eigenvalue weighted by Crippen LogP contribution is 2.06. The fourth-order valence-corrected chi connectivity index (χ4v) is 2.51. The van der Waals surface area contributed by atoms with Gasteiger partial charge in [-0.25, -0.2) is 9.97 Å². The lowest BCUT2D eigenvalue weighted by Crippen LogP contribution is -2.24. The number of hydrogen-bond donors (Lipinski definition) is 2. The number of amides is 1. The summed E-state index contributed by atoms with van der Waals surface area (Å²) in [6.45, 7) is 1.19. The van der Waals surface area contributed by atoms with Crippen LogP contribution in [0.25, 0.3) is 0 Å². The molecule has 2 N–H and O–H groups in total. The molecule has 6 nitrogen and oxygen atoms in total. The first-order chi connectivity index (χ1) is 12.8. The summed E-state index contributed by atoms with van der Waals surface area (Å²) in [4.78, 5) is 24.5. The average molecular weight is 347 g/mol. The molecule has 26 heavy (non-hydrogen) atoms. The van der Waals surface area contributed by atoms with Gasteiger partial charge in [0.1, 0.15) is 17.8 Å². The van der Waals surface area contributed by atoms with Crippen molar-refractivity contribution in [1.82, 2.24) is 20.3 Å². The van der Waals surface area contributed by atoms with Crippen LogP contribution in [0.3, 0.4) is 0 Å². The Hall–Kier alpha value is -3.28. The van der Waals surface area contributed by atoms with E-state index in [1.54, 1.807) is 18.5 Å². The van der Waals surface area contributed by atoms with Crippen molar-refractivity contribution >= 4 is 11.7 Å². The Balaban J connectivity index is 1.47. The lowest BCUT2D eigenvalue weighted by molar-refractivity contribution is 0.0945. The maximum Gasteiger partial charge on any atom is 0.270 e. The number of benzene rings is 1. The zero-order valence-corrected chi connectivity index (χ0v) is 14.4. The number of pyridine rings is 1. The first-order valence-corrected chi connectivity index (χ1v) is 8.58. The lowest BCUT2D eigenvalue weighted by Gasteiger charge is -2.08. The highest BCUT2D eigenvalue weighted by atomic mass is 16.1. The number of anilines is 1. The lowest BCUT2D eigenvalue weighted by atomic mass is 10.1. The monoisotopic (exact) mass is 347 g/mol. The van der Waals surface area contributed by atoms with Crippen LogP contribution < -0.4 is 10.6 Å². The fourth-order valence-electron chi connectivity index (χ4n) is 2.51. The van der Waals surface area contributed by atoms with Gasteiger partial charge in [-0.1, -0.05) is 36.4 Å². The molecule has 0 radical (unpaired) electrons. The molecule has 2 aromatic heterocycles. The smallest absolute Gasteiger partial charge is 0.270 e. The number of nitrogens with zero attached hydrogens (tertiary/aromatic N) is 3. The summed E-state index contributed by atoms with van der Waals surface area (Å²) >= 11 is 0. The zero-order valence-electron chi connectivity index (χ0n) is 14.4. The maximum atomic E-state index is 12.2. The van der Waals surface area contributed by atoms with Crippen molar-refractivity contribution in [3.63, 3.8) is 0 Å². The standard InChI is InChI=1S/C20H21N5O/c26-20(23-14-17-9-4-10-21-13-17)18-12-19(25-15-24-18)22-11-5-8-16-6-2-1-3-7-16/h1-4,6-7,9-10,12-13,15H,5,8,11,14H2,(H,23,26)(H,22,24,25). The van der Waals surface area contributed by atoms with Crippen LogP contribution in [0.15, 0.2) is 67.3 Å². The number of aromatic nitrogens is 3. The van der Waals surface area contributed by atoms with Crippen LogP contribution >= 0.6 is 0 Å². The number of nitrogens with one attached hydrogen (secondary N) is 2. The molecule has 1 amide bonds. The summed E-state index contributed by atoms with van der Waals surface area (Å²) in [5.41, 5.74) is 2.59. The summed E-state index contributed by atoms with van der Waals surface area (Å²) in [6.07, 6.45) is 6.80. The van der Waals surface area contributed by atoms with Gasteiger partial charge < -0.3 is 10.6 Å². The number of carbonyl (C=O) groups is 1. The van der Waals surface area contributed by atoms with Gasteiger partial charge in [-0.3, -0.25) is 9.78 Å². The average Bonchev–Trinajstić information content (AvgIpc) is 2.71. The molecule has 6 heteroatoms. The Bertz CT molecular complexity index is 824. The van der Waals surface area contributed by atoms with E-state index in [4.69, 9.17) is 0 Å². The number of carbonyl (C=O) groups excluding carboxylic acids is 1. The molecule has 0 aliphatic carbocycles. The third-order valence-electron chi connectivity index (χ3n) is 3.87. The molecule has 0 atom stereocenters. The van der Waals surface area contributed by atoms with Gasteiger partial charge in [0.2, 0.25) is 0 Å². The van der Waals surface area contributed by atoms with E-state index in [2.05, 4.69) is 37.7 Å². The quantitative estimate of drug-likeness (QED) is 0.613. The van der Waals surface area contributed by atoms with E-state index in [9.17, 15) is 4.79 Å². The zero-order chi connectivity index (χ0) is 18.0. The normalized spacial score (nSPS) is 10.3. The predicted molar refractivity (Wildman–Crippen MR) is 101 cm³/mol. The van der Waals surface area contributed by atoms with Gasteiger partial charge in [0.25, 0.3) is 5.91 Å². The summed E-state index contributed by atoms with van der Waals surface area (Å²) < 4.78 is 0. The van der Waals surface area contributed by atoms with E-state index in [0.717, 1.165) is 24.9 Å². The van der Waals surface area contributed by atoms with Crippen LogP contribution in [0, 0.1) is 0 Å². The van der Waals surface area contributed by atoms with E-state index in [1.165, 1.54) is 11.9 Å². The molecule has 0 bridgehead atoms. The number of aryl methyl sites for hydroxylation is 1. The van der Waals surface area contributed by atoms with Crippen LogP contribution in [-0.4, -0.2) is 27.4 Å². The minimum absolute atomic E-state index is 0.233. The van der Waals surface area contributed by atoms with Crippen molar-refractivity contribution in [2.75, 3.05) is 11.9 Å². The Morgan fingerprint density at radius 1 is 1.00 bits per heavy atom. The molecule has 1 aromatic carbocycles. The Labute approximate surface area is 152 Å². The minimum Gasteiger partial charge on any atom is -0.370 e. The van der Waals surface area contributed by atoms with Gasteiger partial charge in [0.05, 0.1) is 0 Å². The van der Waals surface area contributed by atoms with Crippen molar-refractivity contribution in [3.8, 4) is 0 Å². The molecule has 2 heterocycles. The molecular formula is C20H21N5O. The first kappa shape index (κ1) is 17.5. The topological polar surface area (TPSA) is 79.8 Å². The second-order valence-electron chi connectivity index (χ2n) is 5.85. The number of rotatable bonds is 8. The molecule has 0 unspecified atom stereocenters. The molecular weight excluding hydrogens is 326 g/mol. The molecule has 3 rings (SSSR count). The molecule has 0 fully saturated rings. The van der Waals surface area contributed by atoms with Crippen molar-refractivity contribution < 1.29 is 4.79 Å². The Kier molecular flexibility index (Phi) is 6.25. The molecule has 0 aliphatic rings. The van der Waals surface area contributed by atoms with Crippen molar-refractivity contribution in [1.29, 1.82) is 0 Å². The fraction of sp³-hybridized carbons (Fsp3) is 0.200. The van der Waals surface area contributed by atoms with Crippen LogP contribution in [-0.2, 0) is 13.0 Å². The van der Waals surface area contributed by atoms with E-state index >= 15 is 0 Å². The summed E-state index contributed by atoms with van der Waals surface area (Å²) in [6, 6.07) is 15.8. The highest BCUT2D eigenvalue weighted by molar-refractivity contribution is 5.92. The van der Waals surface area contributed by atoms with E-state index < -0.39 is 0 Å². The van der Waals surface area contributed by atoms with Gasteiger partial charge in [0, 0.05) is 31.5 Å². The third kappa shape index (κ3) is 5.37. The van der Waals surface area contributed by atoms with Gasteiger partial charge in [0.15, 0.2) is 0 Å². The van der Waals surface area contributed by atoms with Gasteiger partial charge >= 0.3 is 0 Å². The van der Waals surface area contributed by atoms with Gasteiger partial charge in [-0.15, -0.1) is 0 Å². The highest BCUT2D eigenvalue weighted by Gasteiger charge is 2.08. The van der Waals surface area contributed by atoms with E-state index in [1.807, 2.05) is 30.3 Å². The molecule has 0 saturated heterocycles. The Morgan fingerprint density at radius 3 is 2.65 bits per heavy atom. The largest absolute Gasteiger partial charge is 0.370 e. The Morgan fingerprint density at radius 2 is 1.85 bits per heavy atom. The number of hydrogen-bond acceptors (Lipinski definition) is 5. The molecule has 0 saturated carbocycles. The van der Waals surface area contributed by atoms with E-state index in [-0.39, 0.29) is 5.91 Å². The molecule has 0 spiro atoms. The SMILES string of the molecule is O=C(NCc1cccnc1)c1cc(NCCCc2ccccc2)ncn1. The van der Waals surface area contributed by atoms with Crippen LogP contribution in [0.2, 0.25) is 0 Å². The minimum atomic E-state index is -0.233. The molecule has 0 aliphatic heterocycles. The van der Waals surface area contributed by atoms with E-state index in [0.29, 0.717) is 18.1 Å². The van der Waals surface area contributed by atoms with Crippen LogP contribution in [0.1, 0.15) is 28.0 Å². The second kappa shape index (κ2) is 9.27.